The van der Waals surface area contributed by atoms with E-state index in [2.05, 4.69) is 212 Å². The molecule has 1 unspecified atom stereocenters. The summed E-state index contributed by atoms with van der Waals surface area (Å²) in [4.78, 5) is 0. The molecular formula is C53H42N2OSi. The van der Waals surface area contributed by atoms with Gasteiger partial charge in [0.25, 0.3) is 0 Å². The maximum absolute atomic E-state index is 6.56. The summed E-state index contributed by atoms with van der Waals surface area (Å²) < 4.78 is 8.80. The summed E-state index contributed by atoms with van der Waals surface area (Å²) in [5.41, 5.74) is 11.3. The molecule has 0 bridgehead atoms. The molecule has 0 aliphatic heterocycles. The SMILES string of the molecule is CCC(Cn1nc(-c2ccc(-c3ccccc3)cc2)c2ccccc21)c1cc2c(cc1-c1cccc([SiH](c3ccccc3)c3ccccc3)c1)oc1ccccc12. The Balaban J connectivity index is 1.09. The van der Waals surface area contributed by atoms with Gasteiger partial charge in [0.2, 0.25) is 0 Å². The van der Waals surface area contributed by atoms with Gasteiger partial charge in [-0.05, 0) is 58.5 Å². The average Bonchev–Trinajstić information content (AvgIpc) is 3.84. The standard InChI is InChI=1S/C53H42N2OSi/c1-2-37(36-55-50-27-14-12-26-46(50)53(54-55)40-31-29-39(30-32-40)38-17-6-3-7-18-38)47-34-49-45-25-13-15-28-51(45)56-52(49)35-48(47)41-19-16-24-44(33-41)57(42-20-8-4-9-21-42)43-22-10-5-11-23-43/h3-35,37,57H,2,36H2,1H3. The van der Waals surface area contributed by atoms with Gasteiger partial charge in [0, 0.05) is 34.2 Å². The third-order valence-electron chi connectivity index (χ3n) is 11.6. The Morgan fingerprint density at radius 2 is 1.07 bits per heavy atom. The predicted octanol–water partition coefficient (Wildman–Crippen LogP) is 11.4. The molecule has 0 saturated carbocycles. The minimum Gasteiger partial charge on any atom is -0.456 e. The smallest absolute Gasteiger partial charge is 0.136 e. The summed E-state index contributed by atoms with van der Waals surface area (Å²) in [6, 6.07) is 72.6. The Hall–Kier alpha value is -6.75. The molecule has 0 saturated heterocycles. The second-order valence-corrected chi connectivity index (χ2v) is 17.9. The molecule has 10 rings (SSSR count). The van der Waals surface area contributed by atoms with Crippen molar-refractivity contribution in [2.45, 2.75) is 25.8 Å². The highest BCUT2D eigenvalue weighted by Crippen LogP contribution is 2.40. The van der Waals surface area contributed by atoms with E-state index in [1.54, 1.807) is 0 Å². The molecule has 0 radical (unpaired) electrons. The maximum Gasteiger partial charge on any atom is 0.136 e. The van der Waals surface area contributed by atoms with E-state index >= 15 is 0 Å². The second-order valence-electron chi connectivity index (χ2n) is 15.0. The molecule has 10 aromatic rings. The second kappa shape index (κ2) is 15.1. The Bertz CT molecular complexity index is 2930. The number of aromatic nitrogens is 2. The first-order valence-corrected chi connectivity index (χ1v) is 21.7. The molecule has 4 heteroatoms. The fourth-order valence-corrected chi connectivity index (χ4v) is 11.7. The van der Waals surface area contributed by atoms with Crippen LogP contribution in [0.15, 0.2) is 205 Å². The summed E-state index contributed by atoms with van der Waals surface area (Å²) in [5.74, 6) is 0.189. The van der Waals surface area contributed by atoms with E-state index in [4.69, 9.17) is 9.52 Å². The van der Waals surface area contributed by atoms with Crippen molar-refractivity contribution >= 4 is 57.2 Å². The fourth-order valence-electron chi connectivity index (χ4n) is 8.72. The van der Waals surface area contributed by atoms with Crippen molar-refractivity contribution in [1.29, 1.82) is 0 Å². The summed E-state index contributed by atoms with van der Waals surface area (Å²) in [7, 11) is -1.75. The van der Waals surface area contributed by atoms with Gasteiger partial charge in [-0.2, -0.15) is 5.10 Å². The van der Waals surface area contributed by atoms with E-state index in [9.17, 15) is 0 Å². The molecule has 1 atom stereocenters. The lowest BCUT2D eigenvalue weighted by Crippen LogP contribution is -2.51. The number of rotatable bonds is 10. The van der Waals surface area contributed by atoms with Crippen LogP contribution in [0.2, 0.25) is 0 Å². The van der Waals surface area contributed by atoms with Crippen molar-refractivity contribution in [1.82, 2.24) is 9.78 Å². The quantitative estimate of drug-likeness (QED) is 0.103. The highest BCUT2D eigenvalue weighted by molar-refractivity contribution is 6.95. The van der Waals surface area contributed by atoms with E-state index in [1.807, 2.05) is 0 Å². The lowest BCUT2D eigenvalue weighted by atomic mass is 9.87. The molecule has 0 fully saturated rings. The predicted molar refractivity (Wildman–Crippen MR) is 242 cm³/mol. The first-order valence-electron chi connectivity index (χ1n) is 20.0. The molecular weight excluding hydrogens is 709 g/mol. The van der Waals surface area contributed by atoms with Gasteiger partial charge in [-0.15, -0.1) is 0 Å². The van der Waals surface area contributed by atoms with Gasteiger partial charge in [0.1, 0.15) is 25.7 Å². The molecule has 0 amide bonds. The van der Waals surface area contributed by atoms with Crippen LogP contribution in [0.3, 0.4) is 0 Å². The number of furan rings is 1. The zero-order valence-corrected chi connectivity index (χ0v) is 33.1. The Morgan fingerprint density at radius 1 is 0.491 bits per heavy atom. The summed E-state index contributed by atoms with van der Waals surface area (Å²) in [6.07, 6.45) is 0.953. The van der Waals surface area contributed by atoms with Gasteiger partial charge in [-0.3, -0.25) is 4.68 Å². The highest BCUT2D eigenvalue weighted by atomic mass is 28.3. The van der Waals surface area contributed by atoms with E-state index in [0.717, 1.165) is 51.7 Å². The van der Waals surface area contributed by atoms with E-state index in [-0.39, 0.29) is 5.92 Å². The highest BCUT2D eigenvalue weighted by Gasteiger charge is 2.24. The van der Waals surface area contributed by atoms with E-state index < -0.39 is 8.80 Å². The molecule has 0 aliphatic rings. The number of nitrogens with zero attached hydrogens (tertiary/aromatic N) is 2. The van der Waals surface area contributed by atoms with Crippen LogP contribution < -0.4 is 15.6 Å². The maximum atomic E-state index is 6.56. The molecule has 0 N–H and O–H groups in total. The van der Waals surface area contributed by atoms with Crippen LogP contribution in [0.1, 0.15) is 24.8 Å². The van der Waals surface area contributed by atoms with Crippen molar-refractivity contribution < 1.29 is 4.42 Å². The van der Waals surface area contributed by atoms with Gasteiger partial charge in [-0.1, -0.05) is 198 Å². The van der Waals surface area contributed by atoms with Crippen LogP contribution in [0.4, 0.5) is 0 Å². The van der Waals surface area contributed by atoms with Gasteiger partial charge < -0.3 is 4.42 Å². The minimum atomic E-state index is -1.75. The fraction of sp³-hybridized carbons (Fsp3) is 0.0755. The zero-order valence-electron chi connectivity index (χ0n) is 31.9. The molecule has 0 aliphatic carbocycles. The molecule has 0 spiro atoms. The molecule has 57 heavy (non-hydrogen) atoms. The topological polar surface area (TPSA) is 31.0 Å². The van der Waals surface area contributed by atoms with E-state index in [0.29, 0.717) is 0 Å². The summed E-state index contributed by atoms with van der Waals surface area (Å²) in [6.45, 7) is 3.06. The number of fused-ring (bicyclic) bond motifs is 4. The first kappa shape index (κ1) is 34.7. The van der Waals surface area contributed by atoms with E-state index in [1.165, 1.54) is 48.8 Å². The Morgan fingerprint density at radius 3 is 1.79 bits per heavy atom. The monoisotopic (exact) mass is 750 g/mol. The number of hydrogen-bond acceptors (Lipinski definition) is 2. The number of hydrogen-bond donors (Lipinski definition) is 0. The van der Waals surface area contributed by atoms with Crippen molar-refractivity contribution in [3.05, 3.63) is 206 Å². The third-order valence-corrected chi connectivity index (χ3v) is 14.7. The van der Waals surface area contributed by atoms with Crippen molar-refractivity contribution in [2.75, 3.05) is 0 Å². The van der Waals surface area contributed by atoms with Gasteiger partial charge in [-0.25, -0.2) is 0 Å². The van der Waals surface area contributed by atoms with Gasteiger partial charge >= 0.3 is 0 Å². The zero-order chi connectivity index (χ0) is 38.1. The van der Waals surface area contributed by atoms with Crippen molar-refractivity contribution in [3.8, 4) is 33.5 Å². The van der Waals surface area contributed by atoms with Crippen molar-refractivity contribution in [3.63, 3.8) is 0 Å². The van der Waals surface area contributed by atoms with Crippen LogP contribution in [-0.4, -0.2) is 18.6 Å². The molecule has 8 aromatic carbocycles. The summed E-state index contributed by atoms with van der Waals surface area (Å²) in [5, 5.41) is 13.1. The molecule has 2 aromatic heterocycles. The average molecular weight is 751 g/mol. The third kappa shape index (κ3) is 6.58. The van der Waals surface area contributed by atoms with Crippen LogP contribution in [0, 0.1) is 0 Å². The van der Waals surface area contributed by atoms with Crippen molar-refractivity contribution in [2.24, 2.45) is 0 Å². The van der Waals surface area contributed by atoms with Crippen LogP contribution in [-0.2, 0) is 6.54 Å². The van der Waals surface area contributed by atoms with Crippen LogP contribution in [0.5, 0.6) is 0 Å². The Kier molecular flexibility index (Phi) is 9.17. The lowest BCUT2D eigenvalue weighted by Gasteiger charge is -2.22. The largest absolute Gasteiger partial charge is 0.456 e. The van der Waals surface area contributed by atoms with Crippen LogP contribution >= 0.6 is 0 Å². The number of para-hydroxylation sites is 2. The molecule has 2 heterocycles. The van der Waals surface area contributed by atoms with Crippen LogP contribution in [0.25, 0.3) is 66.4 Å². The normalized spacial score (nSPS) is 12.2. The van der Waals surface area contributed by atoms with Gasteiger partial charge in [0.05, 0.1) is 5.52 Å². The summed E-state index contributed by atoms with van der Waals surface area (Å²) >= 11 is 0. The lowest BCUT2D eigenvalue weighted by molar-refractivity contribution is 0.518. The molecule has 274 valence electrons. The molecule has 3 nitrogen and oxygen atoms in total. The number of benzene rings is 8. The van der Waals surface area contributed by atoms with Gasteiger partial charge in [0.15, 0.2) is 0 Å². The minimum absolute atomic E-state index is 0.189. The Labute approximate surface area is 335 Å². The first-order chi connectivity index (χ1) is 28.2.